The van der Waals surface area contributed by atoms with Crippen LogP contribution in [0.1, 0.15) is 54.2 Å². The molecule has 2 amide bonds. The molecule has 1 aromatic heterocycles. The number of hydrogen-bond donors (Lipinski definition) is 0. The van der Waals surface area contributed by atoms with E-state index in [-0.39, 0.29) is 24.1 Å². The highest BCUT2D eigenvalue weighted by atomic mass is 19.1. The number of nitrogens with zero attached hydrogens (tertiary/aromatic N) is 3. The van der Waals surface area contributed by atoms with Gasteiger partial charge in [-0.1, -0.05) is 55.8 Å². The van der Waals surface area contributed by atoms with Gasteiger partial charge in [-0.3, -0.25) is 9.59 Å². The average Bonchev–Trinajstić information content (AvgIpc) is 3.60. The number of rotatable bonds is 11. The van der Waals surface area contributed by atoms with Crippen LogP contribution >= 0.6 is 0 Å². The van der Waals surface area contributed by atoms with Crippen LogP contribution in [0.3, 0.4) is 0 Å². The first kappa shape index (κ1) is 23.7. The number of amides is 2. The predicted octanol–water partition coefficient (Wildman–Crippen LogP) is 5.11. The highest BCUT2D eigenvalue weighted by Crippen LogP contribution is 2.29. The fourth-order valence-corrected chi connectivity index (χ4v) is 4.17. The number of benzene rings is 2. The van der Waals surface area contributed by atoms with Crippen molar-refractivity contribution in [1.29, 1.82) is 0 Å². The molecule has 1 fully saturated rings. The first-order valence-electron chi connectivity index (χ1n) is 12.1. The third-order valence-electron chi connectivity index (χ3n) is 6.26. The third kappa shape index (κ3) is 5.93. The molecule has 0 bridgehead atoms. The quantitative estimate of drug-likeness (QED) is 0.398. The smallest absolute Gasteiger partial charge is 0.257 e. The summed E-state index contributed by atoms with van der Waals surface area (Å²) in [6.45, 7) is 3.66. The molecule has 1 aliphatic carbocycles. The Morgan fingerprint density at radius 1 is 1.00 bits per heavy atom. The maximum Gasteiger partial charge on any atom is 0.257 e. The Kier molecular flexibility index (Phi) is 7.78. The molecule has 6 heteroatoms. The summed E-state index contributed by atoms with van der Waals surface area (Å²) in [7, 11) is 0. The SMILES string of the molecule is CCCCN(CC(=O)N(Cc1cccn1Cc1ccccc1)C1CC1)C(=O)c1ccccc1F. The maximum atomic E-state index is 14.3. The van der Waals surface area contributed by atoms with Crippen LogP contribution in [0.25, 0.3) is 0 Å². The van der Waals surface area contributed by atoms with Gasteiger partial charge in [-0.25, -0.2) is 4.39 Å². The predicted molar refractivity (Wildman–Crippen MR) is 131 cm³/mol. The topological polar surface area (TPSA) is 45.6 Å². The second-order valence-corrected chi connectivity index (χ2v) is 8.93. The summed E-state index contributed by atoms with van der Waals surface area (Å²) in [4.78, 5) is 29.9. The van der Waals surface area contributed by atoms with Gasteiger partial charge in [0.1, 0.15) is 12.4 Å². The summed E-state index contributed by atoms with van der Waals surface area (Å²) < 4.78 is 16.5. The minimum absolute atomic E-state index is 0.0149. The Bertz CT molecular complexity index is 1110. The van der Waals surface area contributed by atoms with Gasteiger partial charge in [0.2, 0.25) is 5.91 Å². The molecule has 0 unspecified atom stereocenters. The number of halogens is 1. The summed E-state index contributed by atoms with van der Waals surface area (Å²) in [5, 5.41) is 0. The van der Waals surface area contributed by atoms with E-state index in [2.05, 4.69) is 16.7 Å². The zero-order valence-electron chi connectivity index (χ0n) is 19.7. The van der Waals surface area contributed by atoms with E-state index in [4.69, 9.17) is 0 Å². The molecular weight excluding hydrogens is 429 g/mol. The van der Waals surface area contributed by atoms with E-state index in [9.17, 15) is 14.0 Å². The van der Waals surface area contributed by atoms with Gasteiger partial charge in [0.25, 0.3) is 5.91 Å². The average molecular weight is 462 g/mol. The number of aromatic nitrogens is 1. The molecule has 2 aromatic carbocycles. The van der Waals surface area contributed by atoms with Gasteiger partial charge < -0.3 is 14.4 Å². The molecule has 0 aliphatic heterocycles. The summed E-state index contributed by atoms with van der Waals surface area (Å²) >= 11 is 0. The van der Waals surface area contributed by atoms with Crippen molar-refractivity contribution in [3.05, 3.63) is 95.6 Å². The summed E-state index contributed by atoms with van der Waals surface area (Å²) in [6, 6.07) is 20.5. The van der Waals surface area contributed by atoms with Crippen molar-refractivity contribution >= 4 is 11.8 Å². The van der Waals surface area contributed by atoms with Crippen LogP contribution in [0.15, 0.2) is 72.9 Å². The molecule has 0 atom stereocenters. The first-order chi connectivity index (χ1) is 16.6. The zero-order chi connectivity index (χ0) is 23.9. The second kappa shape index (κ2) is 11.1. The number of carbonyl (C=O) groups is 2. The molecule has 0 radical (unpaired) electrons. The minimum atomic E-state index is -0.556. The van der Waals surface area contributed by atoms with Crippen LogP contribution < -0.4 is 0 Å². The highest BCUT2D eigenvalue weighted by Gasteiger charge is 2.34. The van der Waals surface area contributed by atoms with E-state index in [1.165, 1.54) is 22.6 Å². The molecule has 3 aromatic rings. The largest absolute Gasteiger partial charge is 0.345 e. The van der Waals surface area contributed by atoms with E-state index in [0.29, 0.717) is 13.1 Å². The fraction of sp³-hybridized carbons (Fsp3) is 0.357. The van der Waals surface area contributed by atoms with Crippen molar-refractivity contribution in [3.8, 4) is 0 Å². The van der Waals surface area contributed by atoms with Crippen LogP contribution in [-0.2, 0) is 17.9 Å². The van der Waals surface area contributed by atoms with Gasteiger partial charge in [-0.2, -0.15) is 0 Å². The molecule has 1 saturated carbocycles. The van der Waals surface area contributed by atoms with Gasteiger partial charge in [-0.15, -0.1) is 0 Å². The summed E-state index contributed by atoms with van der Waals surface area (Å²) in [5.74, 6) is -1.07. The lowest BCUT2D eigenvalue weighted by Gasteiger charge is -2.28. The van der Waals surface area contributed by atoms with E-state index in [0.717, 1.165) is 37.9 Å². The van der Waals surface area contributed by atoms with Crippen molar-refractivity contribution in [2.24, 2.45) is 0 Å². The lowest BCUT2D eigenvalue weighted by molar-refractivity contribution is -0.133. The van der Waals surface area contributed by atoms with E-state index < -0.39 is 11.7 Å². The van der Waals surface area contributed by atoms with Crippen molar-refractivity contribution in [3.63, 3.8) is 0 Å². The monoisotopic (exact) mass is 461 g/mol. The van der Waals surface area contributed by atoms with Crippen LogP contribution in [0.2, 0.25) is 0 Å². The van der Waals surface area contributed by atoms with Gasteiger partial charge in [0.05, 0.1) is 12.1 Å². The first-order valence-corrected chi connectivity index (χ1v) is 12.1. The minimum Gasteiger partial charge on any atom is -0.345 e. The van der Waals surface area contributed by atoms with Crippen LogP contribution in [0, 0.1) is 5.82 Å². The van der Waals surface area contributed by atoms with Crippen LogP contribution in [0.4, 0.5) is 4.39 Å². The molecule has 0 spiro atoms. The Morgan fingerprint density at radius 3 is 2.44 bits per heavy atom. The van der Waals surface area contributed by atoms with Gasteiger partial charge in [0.15, 0.2) is 0 Å². The Hall–Kier alpha value is -3.41. The number of carbonyl (C=O) groups excluding carboxylic acids is 2. The molecular formula is C28H32FN3O2. The lowest BCUT2D eigenvalue weighted by atomic mass is 10.1. The van der Waals surface area contributed by atoms with Crippen LogP contribution in [-0.4, -0.2) is 45.3 Å². The molecule has 5 nitrogen and oxygen atoms in total. The molecule has 1 aliphatic rings. The number of hydrogen-bond acceptors (Lipinski definition) is 2. The summed E-state index contributed by atoms with van der Waals surface area (Å²) in [6.07, 6.45) is 5.63. The Balaban J connectivity index is 1.49. The fourth-order valence-electron chi connectivity index (χ4n) is 4.17. The number of unbranched alkanes of at least 4 members (excludes halogenated alkanes) is 1. The molecule has 178 valence electrons. The zero-order valence-corrected chi connectivity index (χ0v) is 19.7. The lowest BCUT2D eigenvalue weighted by Crippen LogP contribution is -2.44. The van der Waals surface area contributed by atoms with Crippen molar-refractivity contribution in [2.45, 2.75) is 51.7 Å². The molecule has 0 N–H and O–H groups in total. The van der Waals surface area contributed by atoms with Gasteiger partial charge in [-0.05, 0) is 49.1 Å². The highest BCUT2D eigenvalue weighted by molar-refractivity contribution is 5.96. The van der Waals surface area contributed by atoms with E-state index >= 15 is 0 Å². The normalized spacial score (nSPS) is 13.0. The van der Waals surface area contributed by atoms with Gasteiger partial charge in [0, 0.05) is 31.0 Å². The van der Waals surface area contributed by atoms with E-state index in [1.54, 1.807) is 12.1 Å². The Labute approximate surface area is 200 Å². The van der Waals surface area contributed by atoms with E-state index in [1.807, 2.05) is 48.4 Å². The second-order valence-electron chi connectivity index (χ2n) is 8.93. The molecule has 1 heterocycles. The molecule has 0 saturated heterocycles. The maximum absolute atomic E-state index is 14.3. The van der Waals surface area contributed by atoms with Crippen molar-refractivity contribution in [1.82, 2.24) is 14.4 Å². The third-order valence-corrected chi connectivity index (χ3v) is 6.26. The molecule has 34 heavy (non-hydrogen) atoms. The Morgan fingerprint density at radius 2 is 1.74 bits per heavy atom. The molecule has 4 rings (SSSR count). The van der Waals surface area contributed by atoms with Crippen LogP contribution in [0.5, 0.6) is 0 Å². The van der Waals surface area contributed by atoms with Crippen molar-refractivity contribution < 1.29 is 14.0 Å². The van der Waals surface area contributed by atoms with Gasteiger partial charge >= 0.3 is 0 Å². The standard InChI is InChI=1S/C28H32FN3O2/c1-2-3-17-31(28(34)25-13-7-8-14-26(25)29)21-27(33)32(23-15-16-23)20-24-12-9-18-30(24)19-22-10-5-4-6-11-22/h4-14,18,23H,2-3,15-17,19-21H2,1H3. The van der Waals surface area contributed by atoms with Crippen molar-refractivity contribution in [2.75, 3.05) is 13.1 Å². The summed E-state index contributed by atoms with van der Waals surface area (Å²) in [5.41, 5.74) is 2.27.